The summed E-state index contributed by atoms with van der Waals surface area (Å²) in [4.78, 5) is 0. The standard InChI is InChI=1S/C30H27N/c1-30(2,3)22-14-11-15-23(20-22)31-29-26-18-9-7-16-24(26)28(21-12-5-4-6-13-21)25-17-8-10-19-27(25)29/h4-20,31H,1-3H3. The summed E-state index contributed by atoms with van der Waals surface area (Å²) in [5, 5.41) is 8.79. The number of benzene rings is 5. The van der Waals surface area contributed by atoms with Crippen LogP contribution in [0.15, 0.2) is 103 Å². The SMILES string of the molecule is CC(C)(C)c1cccc(Nc2c3ccccc3c(-c3ccccc3)c3ccccc23)c1. The summed E-state index contributed by atoms with van der Waals surface area (Å²) >= 11 is 0. The van der Waals surface area contributed by atoms with Crippen molar-refractivity contribution in [3.63, 3.8) is 0 Å². The van der Waals surface area contributed by atoms with Gasteiger partial charge < -0.3 is 5.32 Å². The predicted octanol–water partition coefficient (Wildman–Crippen LogP) is 8.70. The van der Waals surface area contributed by atoms with Gasteiger partial charge in [-0.25, -0.2) is 0 Å². The molecule has 1 heteroatoms. The summed E-state index contributed by atoms with van der Waals surface area (Å²) in [7, 11) is 0. The Labute approximate surface area is 184 Å². The summed E-state index contributed by atoms with van der Waals surface area (Å²) in [5.41, 5.74) is 6.26. The third-order valence-electron chi connectivity index (χ3n) is 5.99. The lowest BCUT2D eigenvalue weighted by Crippen LogP contribution is -2.11. The van der Waals surface area contributed by atoms with Gasteiger partial charge in [0.25, 0.3) is 0 Å². The van der Waals surface area contributed by atoms with Crippen molar-refractivity contribution in [3.8, 4) is 11.1 Å². The van der Waals surface area contributed by atoms with Crippen LogP contribution in [0.1, 0.15) is 26.3 Å². The lowest BCUT2D eigenvalue weighted by molar-refractivity contribution is 0.590. The molecule has 0 spiro atoms. The normalized spacial score (nSPS) is 11.7. The maximum atomic E-state index is 3.78. The van der Waals surface area contributed by atoms with E-state index in [1.165, 1.54) is 38.2 Å². The fourth-order valence-electron chi connectivity index (χ4n) is 4.39. The van der Waals surface area contributed by atoms with Crippen LogP contribution in [-0.2, 0) is 5.41 Å². The first-order chi connectivity index (χ1) is 15.0. The molecule has 0 aliphatic carbocycles. The summed E-state index contributed by atoms with van der Waals surface area (Å²) in [6.07, 6.45) is 0. The van der Waals surface area contributed by atoms with Crippen LogP contribution in [0.25, 0.3) is 32.7 Å². The van der Waals surface area contributed by atoms with Crippen molar-refractivity contribution in [2.45, 2.75) is 26.2 Å². The molecule has 0 unspecified atom stereocenters. The molecule has 1 nitrogen and oxygen atoms in total. The molecule has 0 radical (unpaired) electrons. The molecule has 0 saturated carbocycles. The Morgan fingerprint density at radius 3 is 1.68 bits per heavy atom. The Balaban J connectivity index is 1.79. The lowest BCUT2D eigenvalue weighted by Gasteiger charge is -2.21. The Hall–Kier alpha value is -3.58. The third-order valence-corrected chi connectivity index (χ3v) is 5.99. The van der Waals surface area contributed by atoms with Crippen molar-refractivity contribution in [3.05, 3.63) is 109 Å². The zero-order valence-electron chi connectivity index (χ0n) is 18.3. The summed E-state index contributed by atoms with van der Waals surface area (Å²) in [6, 6.07) is 36.9. The number of hydrogen-bond donors (Lipinski definition) is 1. The number of hydrogen-bond acceptors (Lipinski definition) is 1. The number of anilines is 2. The van der Waals surface area contributed by atoms with E-state index in [-0.39, 0.29) is 5.41 Å². The summed E-state index contributed by atoms with van der Waals surface area (Å²) < 4.78 is 0. The van der Waals surface area contributed by atoms with Crippen LogP contribution in [0.2, 0.25) is 0 Å². The molecular weight excluding hydrogens is 374 g/mol. The van der Waals surface area contributed by atoms with Gasteiger partial charge in [0.1, 0.15) is 0 Å². The van der Waals surface area contributed by atoms with E-state index in [4.69, 9.17) is 0 Å². The van der Waals surface area contributed by atoms with Crippen molar-refractivity contribution in [2.24, 2.45) is 0 Å². The van der Waals surface area contributed by atoms with Gasteiger partial charge in [-0.3, -0.25) is 0 Å². The lowest BCUT2D eigenvalue weighted by atomic mass is 9.87. The van der Waals surface area contributed by atoms with E-state index in [0.29, 0.717) is 0 Å². The highest BCUT2D eigenvalue weighted by Crippen LogP contribution is 2.42. The van der Waals surface area contributed by atoms with E-state index < -0.39 is 0 Å². The molecule has 0 aliphatic heterocycles. The molecule has 5 rings (SSSR count). The maximum absolute atomic E-state index is 3.78. The average Bonchev–Trinajstić information content (AvgIpc) is 2.79. The topological polar surface area (TPSA) is 12.0 Å². The van der Waals surface area contributed by atoms with Gasteiger partial charge in [-0.2, -0.15) is 0 Å². The number of nitrogens with one attached hydrogen (secondary N) is 1. The molecule has 0 aliphatic rings. The zero-order valence-corrected chi connectivity index (χ0v) is 18.3. The molecule has 0 heterocycles. The van der Waals surface area contributed by atoms with Gasteiger partial charge in [0.05, 0.1) is 5.69 Å². The van der Waals surface area contributed by atoms with Crippen LogP contribution in [0.4, 0.5) is 11.4 Å². The monoisotopic (exact) mass is 401 g/mol. The number of rotatable bonds is 3. The van der Waals surface area contributed by atoms with E-state index in [1.54, 1.807) is 0 Å². The van der Waals surface area contributed by atoms with Gasteiger partial charge in [-0.15, -0.1) is 0 Å². The summed E-state index contributed by atoms with van der Waals surface area (Å²) in [6.45, 7) is 6.77. The molecule has 0 fully saturated rings. The first-order valence-corrected chi connectivity index (χ1v) is 10.9. The van der Waals surface area contributed by atoms with Gasteiger partial charge >= 0.3 is 0 Å². The van der Waals surface area contributed by atoms with Crippen molar-refractivity contribution >= 4 is 32.9 Å². The van der Waals surface area contributed by atoms with Gasteiger partial charge in [-0.05, 0) is 45.0 Å². The van der Waals surface area contributed by atoms with E-state index >= 15 is 0 Å². The molecule has 31 heavy (non-hydrogen) atoms. The van der Waals surface area contributed by atoms with E-state index in [0.717, 1.165) is 11.4 Å². The highest BCUT2D eigenvalue weighted by atomic mass is 14.9. The van der Waals surface area contributed by atoms with Crippen LogP contribution >= 0.6 is 0 Å². The van der Waals surface area contributed by atoms with Crippen LogP contribution in [0, 0.1) is 0 Å². The molecule has 152 valence electrons. The Kier molecular flexibility index (Phi) is 4.75. The van der Waals surface area contributed by atoms with Gasteiger partial charge in [0.2, 0.25) is 0 Å². The van der Waals surface area contributed by atoms with E-state index in [2.05, 4.69) is 129 Å². The second kappa shape index (κ2) is 7.59. The molecule has 0 saturated heterocycles. The Morgan fingerprint density at radius 1 is 0.548 bits per heavy atom. The minimum Gasteiger partial charge on any atom is -0.355 e. The first-order valence-electron chi connectivity index (χ1n) is 10.9. The maximum Gasteiger partial charge on any atom is 0.0544 e. The fourth-order valence-corrected chi connectivity index (χ4v) is 4.39. The largest absolute Gasteiger partial charge is 0.355 e. The van der Waals surface area contributed by atoms with Crippen LogP contribution in [0.5, 0.6) is 0 Å². The molecule has 1 N–H and O–H groups in total. The van der Waals surface area contributed by atoms with E-state index in [9.17, 15) is 0 Å². The second-order valence-electron chi connectivity index (χ2n) is 9.16. The molecule has 0 atom stereocenters. The second-order valence-corrected chi connectivity index (χ2v) is 9.16. The van der Waals surface area contributed by atoms with E-state index in [1.807, 2.05) is 0 Å². The van der Waals surface area contributed by atoms with Gasteiger partial charge in [0.15, 0.2) is 0 Å². The van der Waals surface area contributed by atoms with Crippen LogP contribution < -0.4 is 5.32 Å². The highest BCUT2D eigenvalue weighted by molar-refractivity contribution is 6.21. The summed E-state index contributed by atoms with van der Waals surface area (Å²) in [5.74, 6) is 0. The predicted molar refractivity (Wildman–Crippen MR) is 135 cm³/mol. The quantitative estimate of drug-likeness (QED) is 0.298. The molecular formula is C30H27N. The highest BCUT2D eigenvalue weighted by Gasteiger charge is 2.17. The molecule has 0 amide bonds. The molecule has 5 aromatic rings. The van der Waals surface area contributed by atoms with Crippen LogP contribution in [0.3, 0.4) is 0 Å². The van der Waals surface area contributed by atoms with Crippen molar-refractivity contribution < 1.29 is 0 Å². The van der Waals surface area contributed by atoms with Crippen LogP contribution in [-0.4, -0.2) is 0 Å². The molecule has 0 aromatic heterocycles. The minimum atomic E-state index is 0.110. The zero-order chi connectivity index (χ0) is 21.4. The van der Waals surface area contributed by atoms with Gasteiger partial charge in [0, 0.05) is 16.5 Å². The fraction of sp³-hybridized carbons (Fsp3) is 0.133. The van der Waals surface area contributed by atoms with Gasteiger partial charge in [-0.1, -0.05) is 112 Å². The average molecular weight is 402 g/mol. The number of fused-ring (bicyclic) bond motifs is 2. The van der Waals surface area contributed by atoms with Crippen molar-refractivity contribution in [1.29, 1.82) is 0 Å². The Bertz CT molecular complexity index is 1320. The van der Waals surface area contributed by atoms with Crippen molar-refractivity contribution in [1.82, 2.24) is 0 Å². The smallest absolute Gasteiger partial charge is 0.0544 e. The molecule has 0 bridgehead atoms. The Morgan fingerprint density at radius 2 is 1.10 bits per heavy atom. The first kappa shape index (κ1) is 19.4. The third kappa shape index (κ3) is 3.57. The molecule has 5 aromatic carbocycles. The van der Waals surface area contributed by atoms with Crippen molar-refractivity contribution in [2.75, 3.05) is 5.32 Å². The minimum absolute atomic E-state index is 0.110.